The first-order chi connectivity index (χ1) is 8.24. The van der Waals surface area contributed by atoms with Gasteiger partial charge in [-0.15, -0.1) is 0 Å². The average molecular weight is 241 g/mol. The van der Waals surface area contributed by atoms with Crippen LogP contribution in [0.15, 0.2) is 0 Å². The highest BCUT2D eigenvalue weighted by molar-refractivity contribution is 5.81. The number of rotatable bonds is 7. The Kier molecular flexibility index (Phi) is 7.21. The molecule has 17 heavy (non-hydrogen) atoms. The van der Waals surface area contributed by atoms with Crippen LogP contribution in [0.3, 0.4) is 0 Å². The third kappa shape index (κ3) is 6.03. The van der Waals surface area contributed by atoms with Crippen LogP contribution in [0, 0.1) is 0 Å². The van der Waals surface area contributed by atoms with Gasteiger partial charge in [-0.05, 0) is 26.2 Å². The zero-order chi connectivity index (χ0) is 12.5. The smallest absolute Gasteiger partial charge is 0.238 e. The fourth-order valence-corrected chi connectivity index (χ4v) is 2.10. The van der Waals surface area contributed by atoms with Crippen molar-refractivity contribution in [3.8, 4) is 0 Å². The molecule has 1 fully saturated rings. The molecule has 1 heterocycles. The van der Waals surface area contributed by atoms with Crippen LogP contribution in [0.1, 0.15) is 52.4 Å². The summed E-state index contributed by atoms with van der Waals surface area (Å²) in [5.74, 6) is 0.117. The highest BCUT2D eigenvalue weighted by atomic mass is 16.2. The predicted molar refractivity (Wildman–Crippen MR) is 70.6 cm³/mol. The molecule has 1 saturated heterocycles. The van der Waals surface area contributed by atoms with Gasteiger partial charge in [-0.2, -0.15) is 0 Å². The monoisotopic (exact) mass is 241 g/mol. The molecule has 1 aliphatic heterocycles. The SMILES string of the molecule is CCCCCNC(=O)C(C)NN1CCCCC1. The van der Waals surface area contributed by atoms with Crippen molar-refractivity contribution in [1.29, 1.82) is 0 Å². The minimum Gasteiger partial charge on any atom is -0.355 e. The van der Waals surface area contributed by atoms with Crippen LogP contribution in [0.2, 0.25) is 0 Å². The molecule has 0 spiro atoms. The van der Waals surface area contributed by atoms with Crippen LogP contribution in [-0.4, -0.2) is 36.6 Å². The molecular formula is C13H27N3O. The lowest BCUT2D eigenvalue weighted by Gasteiger charge is -2.29. The molecule has 2 N–H and O–H groups in total. The van der Waals surface area contributed by atoms with Crippen molar-refractivity contribution in [2.24, 2.45) is 0 Å². The van der Waals surface area contributed by atoms with Gasteiger partial charge in [-0.1, -0.05) is 26.2 Å². The summed E-state index contributed by atoms with van der Waals surface area (Å²) in [4.78, 5) is 11.8. The van der Waals surface area contributed by atoms with E-state index in [0.29, 0.717) is 0 Å². The normalized spacial score (nSPS) is 18.9. The molecule has 1 amide bonds. The fourth-order valence-electron chi connectivity index (χ4n) is 2.10. The minimum atomic E-state index is -0.116. The van der Waals surface area contributed by atoms with Gasteiger partial charge in [0, 0.05) is 19.6 Å². The van der Waals surface area contributed by atoms with E-state index in [2.05, 4.69) is 22.7 Å². The Labute approximate surface area is 105 Å². The van der Waals surface area contributed by atoms with Gasteiger partial charge in [-0.3, -0.25) is 4.79 Å². The maximum Gasteiger partial charge on any atom is 0.238 e. The number of carbonyl (C=O) groups is 1. The Hall–Kier alpha value is -0.610. The number of hydrazine groups is 1. The number of nitrogens with one attached hydrogen (secondary N) is 2. The summed E-state index contributed by atoms with van der Waals surface area (Å²) >= 11 is 0. The molecule has 4 heteroatoms. The van der Waals surface area contributed by atoms with Crippen LogP contribution >= 0.6 is 0 Å². The van der Waals surface area contributed by atoms with Crippen LogP contribution in [0.4, 0.5) is 0 Å². The number of amides is 1. The standard InChI is InChI=1S/C13H27N3O/c1-3-4-6-9-14-13(17)12(2)15-16-10-7-5-8-11-16/h12,15H,3-11H2,1-2H3,(H,14,17). The molecular weight excluding hydrogens is 214 g/mol. The lowest BCUT2D eigenvalue weighted by Crippen LogP contribution is -2.52. The quantitative estimate of drug-likeness (QED) is 0.666. The maximum atomic E-state index is 11.8. The van der Waals surface area contributed by atoms with E-state index in [9.17, 15) is 4.79 Å². The Bertz CT molecular complexity index is 215. The van der Waals surface area contributed by atoms with E-state index in [1.165, 1.54) is 32.1 Å². The van der Waals surface area contributed by atoms with E-state index >= 15 is 0 Å². The number of hydrogen-bond donors (Lipinski definition) is 2. The second kappa shape index (κ2) is 8.48. The molecule has 0 aromatic rings. The Balaban J connectivity index is 2.12. The average Bonchev–Trinajstić information content (AvgIpc) is 2.35. The minimum absolute atomic E-state index is 0.116. The molecule has 0 radical (unpaired) electrons. The Morgan fingerprint density at radius 3 is 2.59 bits per heavy atom. The highest BCUT2D eigenvalue weighted by Crippen LogP contribution is 2.06. The first-order valence-electron chi connectivity index (χ1n) is 7.03. The molecule has 0 saturated carbocycles. The maximum absolute atomic E-state index is 11.8. The van der Waals surface area contributed by atoms with Crippen molar-refractivity contribution in [2.75, 3.05) is 19.6 Å². The van der Waals surface area contributed by atoms with Crippen molar-refractivity contribution in [3.05, 3.63) is 0 Å². The van der Waals surface area contributed by atoms with Crippen molar-refractivity contribution in [1.82, 2.24) is 15.8 Å². The predicted octanol–water partition coefficient (Wildman–Crippen LogP) is 1.67. The van der Waals surface area contributed by atoms with E-state index in [0.717, 1.165) is 26.1 Å². The molecule has 0 aromatic heterocycles. The van der Waals surface area contributed by atoms with E-state index in [4.69, 9.17) is 0 Å². The molecule has 1 aliphatic rings. The van der Waals surface area contributed by atoms with Gasteiger partial charge in [0.05, 0.1) is 6.04 Å². The van der Waals surface area contributed by atoms with Gasteiger partial charge in [0.15, 0.2) is 0 Å². The van der Waals surface area contributed by atoms with E-state index in [-0.39, 0.29) is 11.9 Å². The molecule has 0 aliphatic carbocycles. The van der Waals surface area contributed by atoms with Crippen LogP contribution in [-0.2, 0) is 4.79 Å². The van der Waals surface area contributed by atoms with Gasteiger partial charge in [-0.25, -0.2) is 10.4 Å². The summed E-state index contributed by atoms with van der Waals surface area (Å²) in [6.45, 7) is 7.03. The number of piperidine rings is 1. The van der Waals surface area contributed by atoms with E-state index in [1.807, 2.05) is 6.92 Å². The molecule has 4 nitrogen and oxygen atoms in total. The second-order valence-corrected chi connectivity index (χ2v) is 4.90. The molecule has 1 unspecified atom stereocenters. The third-order valence-electron chi connectivity index (χ3n) is 3.21. The van der Waals surface area contributed by atoms with Gasteiger partial charge >= 0.3 is 0 Å². The first kappa shape index (κ1) is 14.5. The van der Waals surface area contributed by atoms with Crippen LogP contribution < -0.4 is 10.7 Å². The van der Waals surface area contributed by atoms with Gasteiger partial charge in [0.25, 0.3) is 0 Å². The molecule has 100 valence electrons. The summed E-state index contributed by atoms with van der Waals surface area (Å²) < 4.78 is 0. The van der Waals surface area contributed by atoms with Crippen molar-refractivity contribution >= 4 is 5.91 Å². The number of nitrogens with zero attached hydrogens (tertiary/aromatic N) is 1. The number of unbranched alkanes of at least 4 members (excludes halogenated alkanes) is 2. The first-order valence-corrected chi connectivity index (χ1v) is 7.03. The Morgan fingerprint density at radius 1 is 1.24 bits per heavy atom. The molecule has 1 atom stereocenters. The zero-order valence-corrected chi connectivity index (χ0v) is 11.3. The largest absolute Gasteiger partial charge is 0.355 e. The zero-order valence-electron chi connectivity index (χ0n) is 11.3. The van der Waals surface area contributed by atoms with Crippen LogP contribution in [0.25, 0.3) is 0 Å². The van der Waals surface area contributed by atoms with Crippen molar-refractivity contribution in [3.63, 3.8) is 0 Å². The Morgan fingerprint density at radius 2 is 1.94 bits per heavy atom. The topological polar surface area (TPSA) is 44.4 Å². The van der Waals surface area contributed by atoms with Gasteiger partial charge in [0.2, 0.25) is 5.91 Å². The van der Waals surface area contributed by atoms with Crippen molar-refractivity contribution in [2.45, 2.75) is 58.4 Å². The van der Waals surface area contributed by atoms with Crippen molar-refractivity contribution < 1.29 is 4.79 Å². The number of hydrogen-bond acceptors (Lipinski definition) is 3. The third-order valence-corrected chi connectivity index (χ3v) is 3.21. The summed E-state index contributed by atoms with van der Waals surface area (Å²) in [6, 6.07) is -0.116. The highest BCUT2D eigenvalue weighted by Gasteiger charge is 2.17. The summed E-state index contributed by atoms with van der Waals surface area (Å²) in [7, 11) is 0. The fraction of sp³-hybridized carbons (Fsp3) is 0.923. The number of carbonyl (C=O) groups excluding carboxylic acids is 1. The molecule has 0 aromatic carbocycles. The second-order valence-electron chi connectivity index (χ2n) is 4.90. The molecule has 0 bridgehead atoms. The van der Waals surface area contributed by atoms with Gasteiger partial charge < -0.3 is 5.32 Å². The lowest BCUT2D eigenvalue weighted by atomic mass is 10.2. The van der Waals surface area contributed by atoms with Gasteiger partial charge in [0.1, 0.15) is 0 Å². The summed E-state index contributed by atoms with van der Waals surface area (Å²) in [6.07, 6.45) is 7.25. The van der Waals surface area contributed by atoms with Crippen LogP contribution in [0.5, 0.6) is 0 Å². The summed E-state index contributed by atoms with van der Waals surface area (Å²) in [5.41, 5.74) is 3.28. The van der Waals surface area contributed by atoms with E-state index in [1.54, 1.807) is 0 Å². The lowest BCUT2D eigenvalue weighted by molar-refractivity contribution is -0.124. The summed E-state index contributed by atoms with van der Waals surface area (Å²) in [5, 5.41) is 5.16. The molecule has 1 rings (SSSR count). The van der Waals surface area contributed by atoms with E-state index < -0.39 is 0 Å².